The zero-order valence-corrected chi connectivity index (χ0v) is 23.2. The van der Waals surface area contributed by atoms with Crippen molar-refractivity contribution in [2.75, 3.05) is 11.8 Å². The Morgan fingerprint density at radius 1 is 0.541 bits per heavy atom. The molecule has 0 aliphatic heterocycles. The van der Waals surface area contributed by atoms with E-state index < -0.39 is 7.41 Å². The van der Waals surface area contributed by atoms with Crippen LogP contribution in [0.2, 0.25) is 0 Å². The van der Waals surface area contributed by atoms with Crippen molar-refractivity contribution < 1.29 is 27.2 Å². The highest BCUT2D eigenvalue weighted by Crippen LogP contribution is 2.60. The topological polar surface area (TPSA) is 44.0 Å². The fourth-order valence-electron chi connectivity index (χ4n) is 4.67. The van der Waals surface area contributed by atoms with Gasteiger partial charge in [-0.15, -0.1) is 0 Å². The third kappa shape index (κ3) is 5.78. The van der Waals surface area contributed by atoms with E-state index in [1.54, 1.807) is 7.11 Å². The zero-order chi connectivity index (χ0) is 23.9. The van der Waals surface area contributed by atoms with E-state index in [0.29, 0.717) is 0 Å². The summed E-state index contributed by atoms with van der Waals surface area (Å²) in [7, 11) is -0.557. The highest BCUT2D eigenvalue weighted by atomic mass is 79.9. The van der Waals surface area contributed by atoms with Crippen molar-refractivity contribution in [1.29, 1.82) is 0 Å². The number of ether oxygens (including phenoxy) is 1. The zero-order valence-electron chi connectivity index (χ0n) is 20.7. The van der Waals surface area contributed by atoms with E-state index in [1.165, 1.54) is 27.2 Å². The minimum absolute atomic E-state index is 0. The maximum atomic E-state index is 5.43. The van der Waals surface area contributed by atoms with E-state index in [0.717, 1.165) is 12.3 Å². The Bertz CT molecular complexity index is 1240. The molecule has 5 rings (SSSR count). The minimum atomic E-state index is -2.27. The summed E-state index contributed by atoms with van der Waals surface area (Å²) in [5, 5.41) is 3.99. The van der Waals surface area contributed by atoms with Crippen LogP contribution in [0.5, 0.6) is 5.75 Å². The van der Waals surface area contributed by atoms with Gasteiger partial charge in [-0.25, -0.2) is 4.67 Å². The van der Waals surface area contributed by atoms with Gasteiger partial charge >= 0.3 is 0 Å². The van der Waals surface area contributed by atoms with Gasteiger partial charge in [-0.2, -0.15) is 0 Å². The molecule has 0 atom stereocenters. The Morgan fingerprint density at radius 2 is 0.919 bits per heavy atom. The van der Waals surface area contributed by atoms with Crippen LogP contribution in [-0.4, -0.2) is 12.6 Å². The second-order valence-electron chi connectivity index (χ2n) is 8.38. The van der Waals surface area contributed by atoms with Crippen LogP contribution in [0.3, 0.4) is 0 Å². The van der Waals surface area contributed by atoms with Crippen molar-refractivity contribution in [1.82, 2.24) is 0 Å². The molecule has 3 nitrogen and oxygen atoms in total. The molecule has 0 aliphatic rings. The summed E-state index contributed by atoms with van der Waals surface area (Å²) in [4.78, 5) is 0. The van der Waals surface area contributed by atoms with E-state index in [2.05, 4.69) is 138 Å². The van der Waals surface area contributed by atoms with Gasteiger partial charge in [-0.3, -0.25) is 0 Å². The molecule has 37 heavy (non-hydrogen) atoms. The van der Waals surface area contributed by atoms with Crippen molar-refractivity contribution in [2.45, 2.75) is 6.54 Å². The number of nitrogens with zero attached hydrogens (tertiary/aromatic N) is 1. The van der Waals surface area contributed by atoms with Crippen LogP contribution in [-0.2, 0) is 6.54 Å². The molecule has 188 valence electrons. The summed E-state index contributed by atoms with van der Waals surface area (Å²) in [5.41, 5.74) is 2.44. The predicted octanol–water partition coefficient (Wildman–Crippen LogP) is 2.79. The SMILES string of the molecule is COc1ccc(CN(c2ccccc2)[P+](c2ccccc2)(c2ccccc2)c2ccccc2)cc1.O.[Br-]. The van der Waals surface area contributed by atoms with Crippen molar-refractivity contribution in [3.8, 4) is 5.75 Å². The van der Waals surface area contributed by atoms with Gasteiger partial charge in [-0.05, 0) is 66.2 Å². The fourth-order valence-corrected chi connectivity index (χ4v) is 9.07. The first-order valence-corrected chi connectivity index (χ1v) is 13.6. The number of para-hydroxylation sites is 1. The summed E-state index contributed by atoms with van der Waals surface area (Å²) in [6.45, 7) is 0.764. The molecule has 0 saturated heterocycles. The average Bonchev–Trinajstić information content (AvgIpc) is 2.95. The number of methoxy groups -OCH3 is 1. The van der Waals surface area contributed by atoms with Crippen molar-refractivity contribution in [3.05, 3.63) is 151 Å². The first-order valence-electron chi connectivity index (χ1n) is 11.8. The second kappa shape index (κ2) is 13.2. The maximum absolute atomic E-state index is 5.43. The molecule has 2 N–H and O–H groups in total. The smallest absolute Gasteiger partial charge is 0.202 e. The third-order valence-corrected chi connectivity index (χ3v) is 10.5. The molecule has 5 aromatic carbocycles. The largest absolute Gasteiger partial charge is 1.00 e. The summed E-state index contributed by atoms with van der Waals surface area (Å²) in [6.07, 6.45) is 0. The van der Waals surface area contributed by atoms with Crippen LogP contribution in [0.15, 0.2) is 146 Å². The Morgan fingerprint density at radius 3 is 1.30 bits per heavy atom. The highest BCUT2D eigenvalue weighted by Gasteiger charge is 2.51. The number of halogens is 1. The first kappa shape index (κ1) is 28.1. The van der Waals surface area contributed by atoms with Crippen LogP contribution in [0.4, 0.5) is 5.69 Å². The molecule has 0 fully saturated rings. The molecule has 0 aromatic heterocycles. The lowest BCUT2D eigenvalue weighted by molar-refractivity contribution is -0.00000825. The molecular formula is C32H31BrNO2P. The molecule has 0 radical (unpaired) electrons. The molecule has 0 aliphatic carbocycles. The maximum Gasteiger partial charge on any atom is 0.202 e. The van der Waals surface area contributed by atoms with Gasteiger partial charge in [0, 0.05) is 0 Å². The number of benzene rings is 5. The lowest BCUT2D eigenvalue weighted by Gasteiger charge is -2.38. The summed E-state index contributed by atoms with van der Waals surface area (Å²) in [6, 6.07) is 52.2. The molecular weight excluding hydrogens is 541 g/mol. The van der Waals surface area contributed by atoms with Gasteiger partial charge in [0.25, 0.3) is 0 Å². The van der Waals surface area contributed by atoms with Gasteiger partial charge in [0.15, 0.2) is 0 Å². The lowest BCUT2D eigenvalue weighted by atomic mass is 10.2. The first-order chi connectivity index (χ1) is 17.3. The number of anilines is 1. The lowest BCUT2D eigenvalue weighted by Crippen LogP contribution is -3.00. The fraction of sp³-hybridized carbons (Fsp3) is 0.0625. The van der Waals surface area contributed by atoms with Gasteiger partial charge < -0.3 is 27.2 Å². The normalized spacial score (nSPS) is 10.5. The quantitative estimate of drug-likeness (QED) is 0.269. The highest BCUT2D eigenvalue weighted by molar-refractivity contribution is 7.96. The molecule has 0 unspecified atom stereocenters. The Balaban J connectivity index is 0.00000190. The number of hydrogen-bond acceptors (Lipinski definition) is 2. The van der Waals surface area contributed by atoms with E-state index in [-0.39, 0.29) is 22.5 Å². The summed E-state index contributed by atoms with van der Waals surface area (Å²) < 4.78 is 8.06. The van der Waals surface area contributed by atoms with Crippen LogP contribution in [0.1, 0.15) is 5.56 Å². The number of hydrogen-bond donors (Lipinski definition) is 0. The Kier molecular flexibility index (Phi) is 10.0. The standard InChI is InChI=1S/C32H29NOP.BrH.H2O/c1-34-29-24-22-27(23-25-29)26-33(28-14-6-2-7-15-28)35(30-16-8-3-9-17-30,31-18-10-4-11-19-31)32-20-12-5-13-21-32;;/h2-25H,26H2,1H3;1H;1H2/q+1;;/p-1. The predicted molar refractivity (Wildman–Crippen MR) is 154 cm³/mol. The minimum Gasteiger partial charge on any atom is -1.00 e. The van der Waals surface area contributed by atoms with Crippen LogP contribution in [0.25, 0.3) is 0 Å². The summed E-state index contributed by atoms with van der Waals surface area (Å²) in [5.74, 6) is 0.871. The van der Waals surface area contributed by atoms with Crippen LogP contribution >= 0.6 is 7.41 Å². The molecule has 5 aromatic rings. The molecule has 0 heterocycles. The van der Waals surface area contributed by atoms with Crippen molar-refractivity contribution in [2.24, 2.45) is 0 Å². The molecule has 0 saturated carbocycles. The monoisotopic (exact) mass is 571 g/mol. The molecule has 0 amide bonds. The second-order valence-corrected chi connectivity index (χ2v) is 11.7. The van der Waals surface area contributed by atoms with Gasteiger partial charge in [0.05, 0.1) is 19.3 Å². The number of rotatable bonds is 8. The summed E-state index contributed by atoms with van der Waals surface area (Å²) >= 11 is 0. The third-order valence-electron chi connectivity index (χ3n) is 6.30. The van der Waals surface area contributed by atoms with Crippen LogP contribution in [0, 0.1) is 0 Å². The average molecular weight is 572 g/mol. The van der Waals surface area contributed by atoms with Crippen molar-refractivity contribution >= 4 is 29.0 Å². The molecule has 0 bridgehead atoms. The van der Waals surface area contributed by atoms with Crippen molar-refractivity contribution in [3.63, 3.8) is 0 Å². The van der Waals surface area contributed by atoms with Crippen LogP contribution < -0.4 is 42.3 Å². The molecule has 5 heteroatoms. The Hall–Kier alpha value is -3.43. The van der Waals surface area contributed by atoms with Gasteiger partial charge in [0.1, 0.15) is 21.7 Å². The van der Waals surface area contributed by atoms with E-state index in [9.17, 15) is 0 Å². The van der Waals surface area contributed by atoms with Gasteiger partial charge in [0.2, 0.25) is 7.41 Å². The molecule has 0 spiro atoms. The van der Waals surface area contributed by atoms with E-state index in [4.69, 9.17) is 4.74 Å². The van der Waals surface area contributed by atoms with E-state index in [1.807, 2.05) is 12.1 Å². The van der Waals surface area contributed by atoms with Gasteiger partial charge in [-0.1, -0.05) is 84.9 Å². The van der Waals surface area contributed by atoms with E-state index >= 15 is 0 Å². The Labute approximate surface area is 230 Å².